The third-order valence-electron chi connectivity index (χ3n) is 3.79. The van der Waals surface area contributed by atoms with Gasteiger partial charge in [0.1, 0.15) is 15.4 Å². The molecule has 118 valence electrons. The molecule has 24 heavy (non-hydrogen) atoms. The van der Waals surface area contributed by atoms with E-state index in [1.807, 2.05) is 71.4 Å². The van der Waals surface area contributed by atoms with Crippen LogP contribution in [-0.4, -0.2) is 22.9 Å². The molecule has 0 fully saturated rings. The summed E-state index contributed by atoms with van der Waals surface area (Å²) in [5.41, 5.74) is 2.84. The van der Waals surface area contributed by atoms with Gasteiger partial charge < -0.3 is 4.74 Å². The second-order valence-electron chi connectivity index (χ2n) is 5.28. The molecule has 0 amide bonds. The number of thiophene rings is 1. The molecule has 0 aliphatic carbocycles. The molecular weight excluding hydrogens is 320 g/mol. The highest BCUT2D eigenvalue weighted by Gasteiger charge is 2.19. The average molecular weight is 334 g/mol. The van der Waals surface area contributed by atoms with Crippen molar-refractivity contribution in [2.75, 3.05) is 7.11 Å². The van der Waals surface area contributed by atoms with Crippen molar-refractivity contribution in [2.24, 2.45) is 0 Å². The van der Waals surface area contributed by atoms with E-state index in [-0.39, 0.29) is 5.97 Å². The molecule has 5 heteroatoms. The molecule has 2 aromatic carbocycles. The molecule has 0 unspecified atom stereocenters. The lowest BCUT2D eigenvalue weighted by Crippen LogP contribution is -1.98. The molecule has 2 aromatic heterocycles. The fraction of sp³-hybridized carbons (Fsp3) is 0.0526. The number of nitrogens with zero attached hydrogens (tertiary/aromatic N) is 2. The number of methoxy groups -OCH3 is 1. The van der Waals surface area contributed by atoms with Crippen LogP contribution in [0.2, 0.25) is 0 Å². The van der Waals surface area contributed by atoms with Gasteiger partial charge in [0.05, 0.1) is 12.8 Å². The van der Waals surface area contributed by atoms with E-state index in [1.165, 1.54) is 18.4 Å². The van der Waals surface area contributed by atoms with Crippen LogP contribution in [0.15, 0.2) is 66.7 Å². The van der Waals surface area contributed by atoms with E-state index in [0.29, 0.717) is 4.88 Å². The highest BCUT2D eigenvalue weighted by molar-refractivity contribution is 7.20. The first-order chi connectivity index (χ1) is 11.8. The van der Waals surface area contributed by atoms with Gasteiger partial charge in [-0.15, -0.1) is 11.3 Å². The van der Waals surface area contributed by atoms with Crippen molar-refractivity contribution in [1.82, 2.24) is 9.78 Å². The number of carbonyl (C=O) groups excluding carboxylic acids is 1. The minimum absolute atomic E-state index is 0.324. The third-order valence-corrected chi connectivity index (χ3v) is 4.89. The van der Waals surface area contributed by atoms with E-state index in [9.17, 15) is 4.79 Å². The Bertz CT molecular complexity index is 932. The van der Waals surface area contributed by atoms with Gasteiger partial charge in [-0.2, -0.15) is 5.10 Å². The molecule has 0 saturated heterocycles. The Kier molecular flexibility index (Phi) is 3.63. The van der Waals surface area contributed by atoms with Crippen molar-refractivity contribution >= 4 is 27.5 Å². The van der Waals surface area contributed by atoms with Crippen LogP contribution in [0.25, 0.3) is 27.2 Å². The second-order valence-corrected chi connectivity index (χ2v) is 6.31. The van der Waals surface area contributed by atoms with Crippen LogP contribution >= 0.6 is 11.3 Å². The molecule has 0 radical (unpaired) electrons. The zero-order valence-electron chi connectivity index (χ0n) is 13.0. The number of hydrogen-bond donors (Lipinski definition) is 0. The number of benzene rings is 2. The number of aromatic nitrogens is 2. The van der Waals surface area contributed by atoms with Gasteiger partial charge in [0.15, 0.2) is 0 Å². The number of fused-ring (bicyclic) bond motifs is 1. The Morgan fingerprint density at radius 1 is 1.04 bits per heavy atom. The Labute approximate surface area is 142 Å². The van der Waals surface area contributed by atoms with Crippen molar-refractivity contribution in [1.29, 1.82) is 0 Å². The molecule has 2 heterocycles. The normalized spacial score (nSPS) is 10.9. The molecule has 0 atom stereocenters. The van der Waals surface area contributed by atoms with Crippen molar-refractivity contribution < 1.29 is 9.53 Å². The van der Waals surface area contributed by atoms with Gasteiger partial charge >= 0.3 is 5.97 Å². The molecular formula is C19H14N2O2S. The standard InChI is InChI=1S/C19H14N2O2S/c1-23-19(22)16-12-15-17(13-8-4-2-5-9-13)20-21(18(15)24-16)14-10-6-3-7-11-14/h2-12H,1H3. The number of carbonyl (C=O) groups is 1. The summed E-state index contributed by atoms with van der Waals surface area (Å²) >= 11 is 1.39. The monoisotopic (exact) mass is 334 g/mol. The van der Waals surface area contributed by atoms with E-state index < -0.39 is 0 Å². The molecule has 0 N–H and O–H groups in total. The number of ether oxygens (including phenoxy) is 1. The van der Waals surface area contributed by atoms with Gasteiger partial charge in [0, 0.05) is 10.9 Å². The highest BCUT2D eigenvalue weighted by atomic mass is 32.1. The Morgan fingerprint density at radius 3 is 2.38 bits per heavy atom. The van der Waals surface area contributed by atoms with Crippen molar-refractivity contribution in [3.63, 3.8) is 0 Å². The van der Waals surface area contributed by atoms with E-state index in [4.69, 9.17) is 9.84 Å². The first kappa shape index (κ1) is 14.7. The second kappa shape index (κ2) is 5.94. The van der Waals surface area contributed by atoms with Crippen molar-refractivity contribution in [3.8, 4) is 16.9 Å². The molecule has 0 saturated carbocycles. The highest BCUT2D eigenvalue weighted by Crippen LogP contribution is 2.35. The van der Waals surface area contributed by atoms with Gasteiger partial charge in [-0.05, 0) is 18.2 Å². The van der Waals surface area contributed by atoms with Crippen molar-refractivity contribution in [3.05, 3.63) is 71.6 Å². The molecule has 4 nitrogen and oxygen atoms in total. The molecule has 4 rings (SSSR count). The first-order valence-corrected chi connectivity index (χ1v) is 8.31. The Hall–Kier alpha value is -2.92. The van der Waals surface area contributed by atoms with Crippen LogP contribution in [0.5, 0.6) is 0 Å². The number of para-hydroxylation sites is 1. The summed E-state index contributed by atoms with van der Waals surface area (Å²) in [5, 5.41) is 5.75. The average Bonchev–Trinajstić information content (AvgIpc) is 3.22. The quantitative estimate of drug-likeness (QED) is 0.517. The zero-order valence-corrected chi connectivity index (χ0v) is 13.8. The maximum atomic E-state index is 11.9. The molecule has 0 bridgehead atoms. The smallest absolute Gasteiger partial charge is 0.348 e. The number of hydrogen-bond acceptors (Lipinski definition) is 4. The minimum Gasteiger partial charge on any atom is -0.465 e. The van der Waals surface area contributed by atoms with Gasteiger partial charge in [0.25, 0.3) is 0 Å². The predicted molar refractivity (Wildman–Crippen MR) is 95.7 cm³/mol. The Morgan fingerprint density at radius 2 is 1.71 bits per heavy atom. The summed E-state index contributed by atoms with van der Waals surface area (Å²) in [7, 11) is 1.40. The Balaban J connectivity index is 1.99. The van der Waals surface area contributed by atoms with Crippen LogP contribution in [0, 0.1) is 0 Å². The van der Waals surface area contributed by atoms with Gasteiger partial charge in [-0.25, -0.2) is 9.48 Å². The lowest BCUT2D eigenvalue weighted by Gasteiger charge is -2.02. The van der Waals surface area contributed by atoms with E-state index in [2.05, 4.69) is 0 Å². The van der Waals surface area contributed by atoms with Crippen LogP contribution in [0.1, 0.15) is 9.67 Å². The minimum atomic E-state index is -0.324. The number of esters is 1. The summed E-state index contributed by atoms with van der Waals surface area (Å²) in [6.45, 7) is 0. The SMILES string of the molecule is COC(=O)c1cc2c(-c3ccccc3)nn(-c3ccccc3)c2s1. The maximum Gasteiger partial charge on any atom is 0.348 e. The number of rotatable bonds is 3. The fourth-order valence-corrected chi connectivity index (χ4v) is 3.71. The molecule has 0 spiro atoms. The van der Waals surface area contributed by atoms with Gasteiger partial charge in [-0.3, -0.25) is 0 Å². The van der Waals surface area contributed by atoms with Crippen LogP contribution in [0.3, 0.4) is 0 Å². The van der Waals surface area contributed by atoms with Crippen LogP contribution in [-0.2, 0) is 4.74 Å². The summed E-state index contributed by atoms with van der Waals surface area (Å²) < 4.78 is 6.75. The lowest BCUT2D eigenvalue weighted by molar-refractivity contribution is 0.0606. The molecule has 4 aromatic rings. The molecule has 0 aliphatic heterocycles. The van der Waals surface area contributed by atoms with Gasteiger partial charge in [-0.1, -0.05) is 48.5 Å². The lowest BCUT2D eigenvalue weighted by atomic mass is 10.1. The third kappa shape index (κ3) is 2.39. The maximum absolute atomic E-state index is 11.9. The summed E-state index contributed by atoms with van der Waals surface area (Å²) in [4.78, 5) is 13.4. The van der Waals surface area contributed by atoms with Crippen LogP contribution in [0.4, 0.5) is 0 Å². The van der Waals surface area contributed by atoms with E-state index in [0.717, 1.165) is 27.2 Å². The van der Waals surface area contributed by atoms with Crippen LogP contribution < -0.4 is 0 Å². The largest absolute Gasteiger partial charge is 0.465 e. The topological polar surface area (TPSA) is 44.1 Å². The summed E-state index contributed by atoms with van der Waals surface area (Å²) in [5.74, 6) is -0.324. The predicted octanol–water partition coefficient (Wildman–Crippen LogP) is 4.54. The molecule has 0 aliphatic rings. The van der Waals surface area contributed by atoms with E-state index >= 15 is 0 Å². The van der Waals surface area contributed by atoms with Crippen molar-refractivity contribution in [2.45, 2.75) is 0 Å². The first-order valence-electron chi connectivity index (χ1n) is 7.49. The fourth-order valence-electron chi connectivity index (χ4n) is 2.66. The summed E-state index contributed by atoms with van der Waals surface area (Å²) in [6.07, 6.45) is 0. The summed E-state index contributed by atoms with van der Waals surface area (Å²) in [6, 6.07) is 21.8. The zero-order chi connectivity index (χ0) is 16.5. The van der Waals surface area contributed by atoms with Gasteiger partial charge in [0.2, 0.25) is 0 Å². The van der Waals surface area contributed by atoms with E-state index in [1.54, 1.807) is 0 Å².